The first-order valence-electron chi connectivity index (χ1n) is 5.94. The monoisotopic (exact) mass is 280 g/mol. The summed E-state index contributed by atoms with van der Waals surface area (Å²) in [4.78, 5) is 0. The standard InChI is InChI=1S/C8H12.C4H9.C3H4.C3H2.CH4.3Li/c1-4-5-6-7-8(2)3;1-3-4-2;2*1-3-2;;;;/h1,7H,5-6H2,2-3H3;1,3-4H2,2H3;1H,2H3;1H2;1H4;;;/q;-1;;-2;;3*+1. The molecule has 0 N–H and O–H groups in total. The molecule has 0 fully saturated rings. The summed E-state index contributed by atoms with van der Waals surface area (Å²) >= 11 is 0. The van der Waals surface area contributed by atoms with Crippen LogP contribution in [0.15, 0.2) is 11.6 Å². The molecular formula is C19H31Li3. The zero-order chi connectivity index (χ0) is 15.2. The Balaban J connectivity index is -0.0000000205. The van der Waals surface area contributed by atoms with E-state index in [-0.39, 0.29) is 64.0 Å². The number of allylic oxidation sites excluding steroid dienone is 2. The first kappa shape index (κ1) is 49.5. The van der Waals surface area contributed by atoms with Crippen molar-refractivity contribution >= 4 is 0 Å². The van der Waals surface area contributed by atoms with Crippen LogP contribution in [0.5, 0.6) is 0 Å². The molecule has 22 heavy (non-hydrogen) atoms. The molecule has 0 bridgehead atoms. The minimum absolute atomic E-state index is 0. The predicted molar refractivity (Wildman–Crippen MR) is 91.5 cm³/mol. The Kier molecular flexibility index (Phi) is 156. The van der Waals surface area contributed by atoms with Crippen LogP contribution in [0, 0.1) is 50.9 Å². The third-order valence-corrected chi connectivity index (χ3v) is 1.19. The summed E-state index contributed by atoms with van der Waals surface area (Å²) < 4.78 is 0. The number of hydrogen-bond acceptors (Lipinski definition) is 0. The average Bonchev–Trinajstić information content (AvgIpc) is 2.31. The van der Waals surface area contributed by atoms with Crippen molar-refractivity contribution in [3.8, 4) is 30.6 Å². The van der Waals surface area contributed by atoms with Gasteiger partial charge in [0.05, 0.1) is 0 Å². The van der Waals surface area contributed by atoms with Crippen LogP contribution in [0.25, 0.3) is 0 Å². The number of terminal acetylenes is 2. The first-order chi connectivity index (χ1) is 8.51. The molecule has 0 radical (unpaired) electrons. The second kappa shape index (κ2) is 69.2. The van der Waals surface area contributed by atoms with Gasteiger partial charge in [0.15, 0.2) is 0 Å². The zero-order valence-electron chi connectivity index (χ0n) is 15.5. The van der Waals surface area contributed by atoms with Crippen LogP contribution in [0.3, 0.4) is 0 Å². The molecular weight excluding hydrogens is 249 g/mol. The molecule has 0 atom stereocenters. The molecule has 0 aromatic rings. The van der Waals surface area contributed by atoms with E-state index < -0.39 is 0 Å². The quantitative estimate of drug-likeness (QED) is 0.167. The van der Waals surface area contributed by atoms with Crippen molar-refractivity contribution in [2.45, 2.75) is 60.8 Å². The van der Waals surface area contributed by atoms with Gasteiger partial charge in [-0.3, -0.25) is 0 Å². The molecule has 0 aliphatic rings. The van der Waals surface area contributed by atoms with E-state index in [0.717, 1.165) is 19.3 Å². The Morgan fingerprint density at radius 2 is 1.45 bits per heavy atom. The molecule has 0 aromatic heterocycles. The van der Waals surface area contributed by atoms with E-state index >= 15 is 0 Å². The fourth-order valence-corrected chi connectivity index (χ4v) is 0.444. The van der Waals surface area contributed by atoms with Crippen LogP contribution in [0.1, 0.15) is 60.8 Å². The van der Waals surface area contributed by atoms with Crippen LogP contribution in [0.2, 0.25) is 0 Å². The predicted octanol–water partition coefficient (Wildman–Crippen LogP) is -3.32. The van der Waals surface area contributed by atoms with Gasteiger partial charge in [-0.1, -0.05) is 32.4 Å². The molecule has 0 aromatic carbocycles. The van der Waals surface area contributed by atoms with Crippen LogP contribution in [0.4, 0.5) is 0 Å². The van der Waals surface area contributed by atoms with E-state index in [1.54, 1.807) is 12.8 Å². The second-order valence-electron chi connectivity index (χ2n) is 3.34. The van der Waals surface area contributed by atoms with E-state index in [4.69, 9.17) is 12.8 Å². The van der Waals surface area contributed by atoms with Crippen molar-refractivity contribution in [1.29, 1.82) is 0 Å². The van der Waals surface area contributed by atoms with E-state index in [1.165, 1.54) is 12.0 Å². The summed E-state index contributed by atoms with van der Waals surface area (Å²) in [6.45, 7) is 14.4. The first-order valence-corrected chi connectivity index (χ1v) is 5.94. The van der Waals surface area contributed by atoms with Crippen LogP contribution < -0.4 is 56.6 Å². The van der Waals surface area contributed by atoms with E-state index in [2.05, 4.69) is 59.0 Å². The minimum Gasteiger partial charge on any atom is -0.729 e. The van der Waals surface area contributed by atoms with Crippen LogP contribution >= 0.6 is 0 Å². The molecule has 0 saturated heterocycles. The summed E-state index contributed by atoms with van der Waals surface area (Å²) in [6, 6.07) is 0. The number of rotatable bonds is 3. The third-order valence-electron chi connectivity index (χ3n) is 1.19. The third kappa shape index (κ3) is 198. The molecule has 3 heteroatoms. The van der Waals surface area contributed by atoms with Gasteiger partial charge in [-0.25, -0.2) is 0 Å². The Hall–Kier alpha value is 0.0822. The van der Waals surface area contributed by atoms with E-state index in [9.17, 15) is 0 Å². The van der Waals surface area contributed by atoms with E-state index in [1.807, 2.05) is 0 Å². The van der Waals surface area contributed by atoms with Gasteiger partial charge in [-0.2, -0.15) is 6.42 Å². The summed E-state index contributed by atoms with van der Waals surface area (Å²) in [5, 5.41) is 0. The average molecular weight is 280 g/mol. The topological polar surface area (TPSA) is 0 Å². The van der Waals surface area contributed by atoms with Gasteiger partial charge in [-0.15, -0.1) is 24.7 Å². The zero-order valence-corrected chi connectivity index (χ0v) is 15.5. The van der Waals surface area contributed by atoms with Gasteiger partial charge >= 0.3 is 56.6 Å². The van der Waals surface area contributed by atoms with Crippen molar-refractivity contribution in [2.24, 2.45) is 0 Å². The maximum absolute atomic E-state index is 5.85. The Bertz CT molecular complexity index is 255. The molecule has 0 aliphatic heterocycles. The second-order valence-corrected chi connectivity index (χ2v) is 3.34. The van der Waals surface area contributed by atoms with Crippen LogP contribution in [-0.4, -0.2) is 0 Å². The minimum atomic E-state index is 0. The molecule has 0 saturated carbocycles. The molecule has 0 amide bonds. The molecule has 0 heterocycles. The van der Waals surface area contributed by atoms with Gasteiger partial charge in [0.25, 0.3) is 0 Å². The van der Waals surface area contributed by atoms with Crippen molar-refractivity contribution in [3.05, 3.63) is 31.9 Å². The van der Waals surface area contributed by atoms with Gasteiger partial charge in [0.2, 0.25) is 0 Å². The molecule has 0 aliphatic carbocycles. The Morgan fingerprint density at radius 1 is 1.18 bits per heavy atom. The Labute approximate surface area is 179 Å². The van der Waals surface area contributed by atoms with Crippen LogP contribution in [-0.2, 0) is 0 Å². The molecule has 0 spiro atoms. The molecule has 0 rings (SSSR count). The summed E-state index contributed by atoms with van der Waals surface area (Å²) in [6.07, 6.45) is 21.8. The van der Waals surface area contributed by atoms with Crippen molar-refractivity contribution < 1.29 is 56.6 Å². The maximum atomic E-state index is 5.85. The van der Waals surface area contributed by atoms with E-state index in [0.29, 0.717) is 0 Å². The van der Waals surface area contributed by atoms with Crippen molar-refractivity contribution in [3.63, 3.8) is 0 Å². The van der Waals surface area contributed by atoms with Crippen molar-refractivity contribution in [2.75, 3.05) is 0 Å². The van der Waals surface area contributed by atoms with Gasteiger partial charge in [0, 0.05) is 6.42 Å². The maximum Gasteiger partial charge on any atom is 1.00 e. The largest absolute Gasteiger partial charge is 1.00 e. The normalized spacial score (nSPS) is 4.82. The Morgan fingerprint density at radius 3 is 1.59 bits per heavy atom. The summed E-state index contributed by atoms with van der Waals surface area (Å²) in [5.74, 6) is 6.58. The van der Waals surface area contributed by atoms with Gasteiger partial charge in [-0.05, 0) is 27.2 Å². The molecule has 110 valence electrons. The molecule has 0 nitrogen and oxygen atoms in total. The van der Waals surface area contributed by atoms with Gasteiger partial charge < -0.3 is 26.2 Å². The SMILES string of the molecule is C.C#CC.C#CCCC=C(C)C.[C-]#C[CH2-].[CH2-]CCC.[Li+].[Li+].[Li+]. The smallest absolute Gasteiger partial charge is 0.729 e. The fourth-order valence-electron chi connectivity index (χ4n) is 0.444. The number of hydrogen-bond donors (Lipinski definition) is 0. The fraction of sp³-hybridized carbons (Fsp3) is 0.474. The number of unbranched alkanes of at least 4 members (excludes halogenated alkanes) is 2. The van der Waals surface area contributed by atoms with Crippen molar-refractivity contribution in [1.82, 2.24) is 0 Å². The van der Waals surface area contributed by atoms with Gasteiger partial charge in [0.1, 0.15) is 0 Å². The molecule has 0 unspecified atom stereocenters. The summed E-state index contributed by atoms with van der Waals surface area (Å²) in [7, 11) is 0. The summed E-state index contributed by atoms with van der Waals surface area (Å²) in [5.41, 5.74) is 1.35.